The number of rotatable bonds is 10. The number of benzene rings is 1. The lowest BCUT2D eigenvalue weighted by molar-refractivity contribution is 0.0583. The molecule has 0 heterocycles. The molecule has 0 N–H and O–H groups in total. The van der Waals surface area contributed by atoms with Crippen molar-refractivity contribution in [1.29, 1.82) is 0 Å². The maximum atomic E-state index is 13.5. The largest absolute Gasteiger partial charge is 0.422 e. The van der Waals surface area contributed by atoms with Crippen molar-refractivity contribution in [1.82, 2.24) is 0 Å². The fourth-order valence-electron chi connectivity index (χ4n) is 2.97. The highest BCUT2D eigenvalue weighted by Gasteiger charge is 2.25. The van der Waals surface area contributed by atoms with E-state index in [1.165, 1.54) is 0 Å². The van der Waals surface area contributed by atoms with Crippen LogP contribution in [-0.2, 0) is 10.8 Å². The summed E-state index contributed by atoms with van der Waals surface area (Å²) in [6.45, 7) is 4.18. The van der Waals surface area contributed by atoms with Crippen molar-refractivity contribution in [3.63, 3.8) is 0 Å². The Morgan fingerprint density at radius 3 is 1.67 bits per heavy atom. The Morgan fingerprint density at radius 2 is 1.21 bits per heavy atom. The summed E-state index contributed by atoms with van der Waals surface area (Å²) in [5, 5.41) is 0. The van der Waals surface area contributed by atoms with Gasteiger partial charge in [-0.15, -0.1) is 0 Å². The van der Waals surface area contributed by atoms with Gasteiger partial charge in [0.2, 0.25) is 5.82 Å². The molecule has 0 saturated carbocycles. The lowest BCUT2D eigenvalue weighted by Crippen LogP contribution is -2.30. The summed E-state index contributed by atoms with van der Waals surface area (Å²) >= 11 is 0. The van der Waals surface area contributed by atoms with E-state index in [4.69, 9.17) is 4.43 Å². The van der Waals surface area contributed by atoms with Crippen LogP contribution in [0.5, 0.6) is 0 Å². The summed E-state index contributed by atoms with van der Waals surface area (Å²) in [7, 11) is 0.678. The maximum absolute atomic E-state index is 13.5. The number of halogens is 5. The summed E-state index contributed by atoms with van der Waals surface area (Å²) in [5.74, 6) is -9.28. The van der Waals surface area contributed by atoms with Gasteiger partial charge in [-0.2, -0.15) is 0 Å². The monoisotopic (exact) mass is 368 g/mol. The molecule has 0 aromatic heterocycles. The normalized spacial score (nSPS) is 12.1. The lowest BCUT2D eigenvalue weighted by atomic mass is 9.90. The van der Waals surface area contributed by atoms with E-state index in [2.05, 4.69) is 13.8 Å². The van der Waals surface area contributed by atoms with Crippen LogP contribution in [0.1, 0.15) is 64.4 Å². The van der Waals surface area contributed by atoms with E-state index >= 15 is 0 Å². The van der Waals surface area contributed by atoms with Crippen molar-refractivity contribution >= 4 is 10.5 Å². The zero-order chi connectivity index (χ0) is 18.3. The molecule has 0 aliphatic carbocycles. The molecule has 0 bridgehead atoms. The molecule has 138 valence electrons. The van der Waals surface area contributed by atoms with E-state index in [-0.39, 0.29) is 12.0 Å². The Morgan fingerprint density at radius 1 is 0.750 bits per heavy atom. The van der Waals surface area contributed by atoms with E-state index < -0.39 is 34.6 Å². The van der Waals surface area contributed by atoms with Crippen LogP contribution < -0.4 is 0 Å². The van der Waals surface area contributed by atoms with Gasteiger partial charge >= 0.3 is 0 Å². The molecule has 0 unspecified atom stereocenters. The topological polar surface area (TPSA) is 9.23 Å². The van der Waals surface area contributed by atoms with Crippen LogP contribution in [0.3, 0.4) is 0 Å². The van der Waals surface area contributed by atoms with Crippen LogP contribution in [-0.4, -0.2) is 16.1 Å². The van der Waals surface area contributed by atoms with Crippen LogP contribution in [0, 0.1) is 29.1 Å². The SMILES string of the molecule is CCC(CC)(CCCCCCc1c(F)c(F)c(F)c(F)c1F)O[SiH3]. The van der Waals surface area contributed by atoms with Gasteiger partial charge in [-0.3, -0.25) is 0 Å². The van der Waals surface area contributed by atoms with Crippen molar-refractivity contribution < 1.29 is 26.4 Å². The Hall–Kier alpha value is -0.953. The van der Waals surface area contributed by atoms with Gasteiger partial charge in [-0.1, -0.05) is 33.1 Å². The zero-order valence-electron chi connectivity index (χ0n) is 14.5. The average Bonchev–Trinajstić information content (AvgIpc) is 2.61. The summed E-state index contributed by atoms with van der Waals surface area (Å²) in [6.07, 6.45) is 5.45. The third kappa shape index (κ3) is 4.78. The molecule has 0 spiro atoms. The van der Waals surface area contributed by atoms with Crippen molar-refractivity contribution in [3.05, 3.63) is 34.6 Å². The maximum Gasteiger partial charge on any atom is 0.200 e. The van der Waals surface area contributed by atoms with Crippen molar-refractivity contribution in [2.24, 2.45) is 0 Å². The molecule has 24 heavy (non-hydrogen) atoms. The Labute approximate surface area is 143 Å². The van der Waals surface area contributed by atoms with Gasteiger partial charge in [0.05, 0.1) is 5.60 Å². The van der Waals surface area contributed by atoms with Crippen molar-refractivity contribution in [2.75, 3.05) is 0 Å². The number of hydrogen-bond donors (Lipinski definition) is 0. The highest BCUT2D eigenvalue weighted by atomic mass is 28.2. The van der Waals surface area contributed by atoms with Crippen LogP contribution in [0.4, 0.5) is 22.0 Å². The zero-order valence-corrected chi connectivity index (χ0v) is 16.5. The van der Waals surface area contributed by atoms with Crippen molar-refractivity contribution in [2.45, 2.75) is 70.8 Å². The highest BCUT2D eigenvalue weighted by Crippen LogP contribution is 2.27. The molecule has 1 aromatic rings. The lowest BCUT2D eigenvalue weighted by Gasteiger charge is -2.31. The molecule has 0 amide bonds. The second-order valence-corrected chi connectivity index (χ2v) is 6.47. The first kappa shape index (κ1) is 21.1. The van der Waals surface area contributed by atoms with Gasteiger partial charge in [0.25, 0.3) is 0 Å². The summed E-state index contributed by atoms with van der Waals surface area (Å²) in [5.41, 5.74) is -0.793. The smallest absolute Gasteiger partial charge is 0.200 e. The fraction of sp³-hybridized carbons (Fsp3) is 0.647. The van der Waals surface area contributed by atoms with Gasteiger partial charge in [-0.05, 0) is 32.1 Å². The first-order valence-corrected chi connectivity index (χ1v) is 9.20. The molecule has 1 rings (SSSR count). The molecule has 1 nitrogen and oxygen atoms in total. The third-order valence-corrected chi connectivity index (χ3v) is 5.70. The van der Waals surface area contributed by atoms with E-state index in [1.807, 2.05) is 0 Å². The minimum absolute atomic E-state index is 0.0757. The molecule has 0 aliphatic heterocycles. The van der Waals surface area contributed by atoms with E-state index in [1.54, 1.807) is 0 Å². The summed E-state index contributed by atoms with van der Waals surface area (Å²) in [6, 6.07) is 0. The second kappa shape index (κ2) is 9.51. The second-order valence-electron chi connectivity index (χ2n) is 6.06. The molecule has 0 radical (unpaired) electrons. The molecule has 0 fully saturated rings. The molecule has 0 aliphatic rings. The van der Waals surface area contributed by atoms with Crippen LogP contribution in [0.2, 0.25) is 0 Å². The molecular formula is C17H25F5OSi. The highest BCUT2D eigenvalue weighted by molar-refractivity contribution is 5.98. The minimum Gasteiger partial charge on any atom is -0.422 e. The predicted octanol–water partition coefficient (Wildman–Crippen LogP) is 4.73. The van der Waals surface area contributed by atoms with E-state index in [9.17, 15) is 22.0 Å². The molecular weight excluding hydrogens is 343 g/mol. The van der Waals surface area contributed by atoms with E-state index in [0.717, 1.165) is 32.1 Å². The Kier molecular flexibility index (Phi) is 8.36. The van der Waals surface area contributed by atoms with Crippen molar-refractivity contribution in [3.8, 4) is 0 Å². The Bertz CT molecular complexity index is 509. The first-order valence-electron chi connectivity index (χ1n) is 8.39. The molecule has 7 heteroatoms. The number of unbranched alkanes of at least 4 members (excludes halogenated alkanes) is 3. The predicted molar refractivity (Wildman–Crippen MR) is 87.4 cm³/mol. The number of hydrogen-bond acceptors (Lipinski definition) is 1. The van der Waals surface area contributed by atoms with Gasteiger partial charge < -0.3 is 4.43 Å². The molecule has 0 atom stereocenters. The summed E-state index contributed by atoms with van der Waals surface area (Å²) < 4.78 is 72.0. The van der Waals surface area contributed by atoms with Crippen LogP contribution >= 0.6 is 0 Å². The van der Waals surface area contributed by atoms with Gasteiger partial charge in [0.1, 0.15) is 10.5 Å². The fourth-order valence-corrected chi connectivity index (χ4v) is 3.75. The van der Waals surface area contributed by atoms with Gasteiger partial charge in [-0.25, -0.2) is 22.0 Å². The average molecular weight is 368 g/mol. The first-order chi connectivity index (χ1) is 11.3. The van der Waals surface area contributed by atoms with Crippen LogP contribution in [0.15, 0.2) is 0 Å². The summed E-state index contributed by atoms with van der Waals surface area (Å²) in [4.78, 5) is 0. The standard InChI is InChI=1S/C17H25F5OSi/c1-3-17(4-2,23-24)10-8-6-5-7-9-11-12(18)14(20)16(22)15(21)13(11)19/h3-10H2,1-2,24H3. The Balaban J connectivity index is 2.50. The van der Waals surface area contributed by atoms with Gasteiger partial charge in [0.15, 0.2) is 23.3 Å². The van der Waals surface area contributed by atoms with Crippen LogP contribution in [0.25, 0.3) is 0 Å². The van der Waals surface area contributed by atoms with Gasteiger partial charge in [0, 0.05) is 5.56 Å². The third-order valence-electron chi connectivity index (χ3n) is 4.83. The molecule has 0 saturated heterocycles. The minimum atomic E-state index is -2.10. The quantitative estimate of drug-likeness (QED) is 0.191. The molecule has 1 aromatic carbocycles. The van der Waals surface area contributed by atoms with E-state index in [0.29, 0.717) is 23.3 Å².